The van der Waals surface area contributed by atoms with Gasteiger partial charge in [0, 0.05) is 57.6 Å². The lowest BCUT2D eigenvalue weighted by molar-refractivity contribution is -0.120. The molecule has 0 saturated heterocycles. The van der Waals surface area contributed by atoms with E-state index in [0.29, 0.717) is 64.6 Å². The van der Waals surface area contributed by atoms with Gasteiger partial charge in [0.15, 0.2) is 18.2 Å². The lowest BCUT2D eigenvalue weighted by Gasteiger charge is -2.44. The smallest absolute Gasteiger partial charge is 0.262 e. The summed E-state index contributed by atoms with van der Waals surface area (Å²) >= 11 is 6.48. The van der Waals surface area contributed by atoms with E-state index in [4.69, 9.17) is 21.1 Å². The number of ketones is 2. The first-order chi connectivity index (χ1) is 18.9. The third-order valence-corrected chi connectivity index (χ3v) is 7.97. The summed E-state index contributed by atoms with van der Waals surface area (Å²) in [4.78, 5) is 40.1. The first kappa shape index (κ1) is 28.0. The van der Waals surface area contributed by atoms with E-state index in [1.54, 1.807) is 49.6 Å². The lowest BCUT2D eigenvalue weighted by Crippen LogP contribution is -2.42. The largest absolute Gasteiger partial charge is 0.497 e. The molecule has 2 aliphatic carbocycles. The molecule has 1 aliphatic heterocycles. The Bertz CT molecular complexity index is 1400. The second kappa shape index (κ2) is 10.4. The zero-order chi connectivity index (χ0) is 28.8. The van der Waals surface area contributed by atoms with Gasteiger partial charge in [-0.3, -0.25) is 14.4 Å². The maximum Gasteiger partial charge on any atom is 0.262 e. The van der Waals surface area contributed by atoms with Crippen LogP contribution in [0.2, 0.25) is 5.02 Å². The van der Waals surface area contributed by atoms with Gasteiger partial charge < -0.3 is 20.1 Å². The van der Waals surface area contributed by atoms with Crippen molar-refractivity contribution in [1.29, 1.82) is 0 Å². The number of carbonyl (C=O) groups is 3. The molecule has 8 heteroatoms. The number of benzene rings is 2. The fourth-order valence-electron chi connectivity index (χ4n) is 6.09. The Morgan fingerprint density at radius 1 is 0.925 bits per heavy atom. The Balaban J connectivity index is 1.51. The normalized spacial score (nSPS) is 19.9. The number of amides is 1. The van der Waals surface area contributed by atoms with Crippen molar-refractivity contribution in [2.75, 3.05) is 19.0 Å². The number of hydrogen-bond donors (Lipinski definition) is 2. The van der Waals surface area contributed by atoms with Crippen molar-refractivity contribution >= 4 is 34.8 Å². The number of halogens is 1. The highest BCUT2D eigenvalue weighted by Crippen LogP contribution is 2.52. The Kier molecular flexibility index (Phi) is 7.29. The van der Waals surface area contributed by atoms with Gasteiger partial charge in [0.05, 0.1) is 7.11 Å². The maximum absolute atomic E-state index is 13.7. The van der Waals surface area contributed by atoms with E-state index in [1.807, 2.05) is 0 Å². The first-order valence-electron chi connectivity index (χ1n) is 13.5. The summed E-state index contributed by atoms with van der Waals surface area (Å²) in [5, 5.41) is 6.79. The van der Waals surface area contributed by atoms with E-state index in [0.717, 1.165) is 11.4 Å². The summed E-state index contributed by atoms with van der Waals surface area (Å²) in [6.45, 7) is 8.08. The van der Waals surface area contributed by atoms with Crippen LogP contribution < -0.4 is 20.1 Å². The Hall–Kier alpha value is -3.58. The van der Waals surface area contributed by atoms with Crippen LogP contribution >= 0.6 is 11.6 Å². The zero-order valence-electron chi connectivity index (χ0n) is 23.6. The van der Waals surface area contributed by atoms with Crippen LogP contribution in [0.1, 0.15) is 64.9 Å². The fraction of sp³-hybridized carbons (Fsp3) is 0.406. The molecule has 1 heterocycles. The van der Waals surface area contributed by atoms with E-state index >= 15 is 0 Å². The Labute approximate surface area is 240 Å². The van der Waals surface area contributed by atoms with Crippen LogP contribution in [-0.2, 0) is 14.4 Å². The van der Waals surface area contributed by atoms with Gasteiger partial charge in [0.2, 0.25) is 0 Å². The molecule has 1 amide bonds. The van der Waals surface area contributed by atoms with E-state index < -0.39 is 5.92 Å². The van der Waals surface area contributed by atoms with Crippen molar-refractivity contribution < 1.29 is 23.9 Å². The number of rotatable bonds is 6. The minimum Gasteiger partial charge on any atom is -0.497 e. The van der Waals surface area contributed by atoms with Crippen LogP contribution in [0.25, 0.3) is 0 Å². The van der Waals surface area contributed by atoms with E-state index in [2.05, 4.69) is 38.3 Å². The van der Waals surface area contributed by atoms with Gasteiger partial charge in [-0.15, -0.1) is 0 Å². The SMILES string of the molecule is COc1ccc(NC(=O)COc2ccc(Cl)cc2C2C3=C(CC(C)(C)CC3=O)NC3=C2C(=O)CC(C)(C)C3)cc1. The highest BCUT2D eigenvalue weighted by Gasteiger charge is 2.47. The summed E-state index contributed by atoms with van der Waals surface area (Å²) in [7, 11) is 1.58. The molecule has 210 valence electrons. The van der Waals surface area contributed by atoms with Crippen molar-refractivity contribution in [3.05, 3.63) is 75.6 Å². The van der Waals surface area contributed by atoms with Crippen LogP contribution in [-0.4, -0.2) is 31.2 Å². The summed E-state index contributed by atoms with van der Waals surface area (Å²) in [6, 6.07) is 12.1. The van der Waals surface area contributed by atoms with E-state index in [1.165, 1.54) is 0 Å². The predicted octanol–water partition coefficient (Wildman–Crippen LogP) is 6.34. The molecule has 0 bridgehead atoms. The third kappa shape index (κ3) is 5.66. The number of hydrogen-bond acceptors (Lipinski definition) is 6. The number of allylic oxidation sites excluding steroid dienone is 4. The predicted molar refractivity (Wildman–Crippen MR) is 155 cm³/mol. The van der Waals surface area contributed by atoms with Crippen molar-refractivity contribution in [2.24, 2.45) is 10.8 Å². The van der Waals surface area contributed by atoms with Gasteiger partial charge >= 0.3 is 0 Å². The highest BCUT2D eigenvalue weighted by molar-refractivity contribution is 6.30. The number of methoxy groups -OCH3 is 1. The molecular weight excluding hydrogens is 528 g/mol. The molecule has 40 heavy (non-hydrogen) atoms. The molecule has 0 atom stereocenters. The van der Waals surface area contributed by atoms with Crippen LogP contribution in [0.5, 0.6) is 11.5 Å². The molecule has 2 aromatic carbocycles. The molecule has 0 spiro atoms. The summed E-state index contributed by atoms with van der Waals surface area (Å²) in [5.74, 6) is 0.159. The molecule has 0 unspecified atom stereocenters. The molecule has 7 nitrogen and oxygen atoms in total. The molecule has 0 aromatic heterocycles. The van der Waals surface area contributed by atoms with Gasteiger partial charge in [-0.25, -0.2) is 0 Å². The van der Waals surface area contributed by atoms with Crippen molar-refractivity contribution in [2.45, 2.75) is 59.3 Å². The van der Waals surface area contributed by atoms with Gasteiger partial charge in [-0.2, -0.15) is 0 Å². The topological polar surface area (TPSA) is 93.7 Å². The molecule has 2 aromatic rings. The van der Waals surface area contributed by atoms with E-state index in [9.17, 15) is 14.4 Å². The Morgan fingerprint density at radius 3 is 2.05 bits per heavy atom. The van der Waals surface area contributed by atoms with Crippen molar-refractivity contribution in [3.63, 3.8) is 0 Å². The Morgan fingerprint density at radius 2 is 1.50 bits per heavy atom. The highest BCUT2D eigenvalue weighted by atomic mass is 35.5. The third-order valence-electron chi connectivity index (χ3n) is 7.73. The maximum atomic E-state index is 13.7. The summed E-state index contributed by atoms with van der Waals surface area (Å²) in [5.41, 5.74) is 3.74. The fourth-order valence-corrected chi connectivity index (χ4v) is 6.27. The quantitative estimate of drug-likeness (QED) is 0.427. The van der Waals surface area contributed by atoms with Gasteiger partial charge in [-0.1, -0.05) is 39.3 Å². The minimum atomic E-state index is -0.614. The van der Waals surface area contributed by atoms with Crippen LogP contribution in [0.4, 0.5) is 5.69 Å². The molecule has 0 saturated carbocycles. The molecular formula is C32H35ClN2O5. The number of ether oxygens (including phenoxy) is 2. The van der Waals surface area contributed by atoms with Gasteiger partial charge in [0.25, 0.3) is 5.91 Å². The molecule has 3 aliphatic rings. The van der Waals surface area contributed by atoms with Gasteiger partial charge in [-0.05, 0) is 66.1 Å². The second-order valence-corrected chi connectivity index (χ2v) is 12.9. The van der Waals surface area contributed by atoms with E-state index in [-0.39, 0.29) is 34.9 Å². The number of carbonyl (C=O) groups excluding carboxylic acids is 3. The number of anilines is 1. The lowest BCUT2D eigenvalue weighted by atomic mass is 9.64. The number of Topliss-reactive ketones (excluding diaryl/α,β-unsaturated/α-hetero) is 2. The van der Waals surface area contributed by atoms with Crippen molar-refractivity contribution in [3.8, 4) is 11.5 Å². The van der Waals surface area contributed by atoms with Crippen LogP contribution in [0, 0.1) is 10.8 Å². The van der Waals surface area contributed by atoms with Crippen LogP contribution in [0.3, 0.4) is 0 Å². The summed E-state index contributed by atoms with van der Waals surface area (Å²) in [6.07, 6.45) is 2.15. The monoisotopic (exact) mass is 562 g/mol. The molecule has 0 fully saturated rings. The molecule has 2 N–H and O–H groups in total. The first-order valence-corrected chi connectivity index (χ1v) is 13.9. The van der Waals surface area contributed by atoms with Crippen molar-refractivity contribution in [1.82, 2.24) is 5.32 Å². The van der Waals surface area contributed by atoms with Crippen LogP contribution in [0.15, 0.2) is 65.0 Å². The standard InChI is InChI=1S/C32H35ClN2O5/c1-31(2)13-22-29(24(36)15-31)28(30-23(35-22)14-32(3,4)16-25(30)37)21-12-18(33)6-11-26(21)40-17-27(38)34-19-7-9-20(39-5)10-8-19/h6-12,28,35H,13-17H2,1-5H3,(H,34,38). The second-order valence-electron chi connectivity index (χ2n) is 12.5. The number of nitrogens with one attached hydrogen (secondary N) is 2. The molecule has 0 radical (unpaired) electrons. The van der Waals surface area contributed by atoms with Gasteiger partial charge in [0.1, 0.15) is 11.5 Å². The average Bonchev–Trinajstić information content (AvgIpc) is 2.85. The minimum absolute atomic E-state index is 0.0103. The average molecular weight is 563 g/mol. The summed E-state index contributed by atoms with van der Waals surface area (Å²) < 4.78 is 11.2. The zero-order valence-corrected chi connectivity index (χ0v) is 24.3. The molecule has 5 rings (SSSR count). The number of dihydropyridines is 1.